The highest BCUT2D eigenvalue weighted by Gasteiger charge is 2.16. The molecule has 0 N–H and O–H groups in total. The smallest absolute Gasteiger partial charge is 0.116 e. The van der Waals surface area contributed by atoms with Crippen molar-refractivity contribution in [2.45, 2.75) is 18.2 Å². The van der Waals surface area contributed by atoms with Crippen LogP contribution >= 0.6 is 15.9 Å². The molecule has 0 saturated heterocycles. The van der Waals surface area contributed by atoms with E-state index in [0.29, 0.717) is 15.6 Å². The first-order chi connectivity index (χ1) is 2.94. The maximum absolute atomic E-state index is 10.5. The van der Waals surface area contributed by atoms with E-state index in [4.69, 9.17) is 0 Å². The second-order valence-electron chi connectivity index (χ2n) is 2.03. The average Bonchev–Trinajstić information content (AvgIpc) is 1.31. The van der Waals surface area contributed by atoms with E-state index in [2.05, 4.69) is 15.9 Å². The van der Waals surface area contributed by atoms with E-state index in [-0.39, 0.29) is 4.32 Å². The molecule has 0 fully saturated rings. The van der Waals surface area contributed by atoms with Crippen molar-refractivity contribution in [3.05, 3.63) is 0 Å². The van der Waals surface area contributed by atoms with Crippen molar-refractivity contribution in [2.24, 2.45) is 0 Å². The molecule has 0 aromatic heterocycles. The first-order valence-corrected chi connectivity index (χ1v) is 3.94. The van der Waals surface area contributed by atoms with Crippen molar-refractivity contribution >= 4 is 31.6 Å². The van der Waals surface area contributed by atoms with Crippen molar-refractivity contribution in [1.29, 1.82) is 0 Å². The summed E-state index contributed by atoms with van der Waals surface area (Å²) in [5, 5.41) is 0.299. The lowest BCUT2D eigenvalue weighted by atomic mass is 10.2. The van der Waals surface area contributed by atoms with Gasteiger partial charge in [0.05, 0.1) is 14.6 Å². The fraction of sp³-hybridized carbons (Fsp3) is 0.750. The van der Waals surface area contributed by atoms with Crippen LogP contribution in [-0.2, 0) is 4.79 Å². The zero-order valence-electron chi connectivity index (χ0n) is 4.79. The summed E-state index contributed by atoms with van der Waals surface area (Å²) in [4.78, 5) is 10.5. The Labute approximate surface area is 55.0 Å². The Morgan fingerprint density at radius 3 is 1.86 bits per heavy atom. The Morgan fingerprint density at radius 2 is 1.86 bits per heavy atom. The number of alkyl halides is 1. The van der Waals surface area contributed by atoms with E-state index in [1.54, 1.807) is 0 Å². The quantitative estimate of drug-likeness (QED) is 0.412. The van der Waals surface area contributed by atoms with Crippen LogP contribution < -0.4 is 0 Å². The topological polar surface area (TPSA) is 17.1 Å². The number of halogens is 1. The van der Waals surface area contributed by atoms with Gasteiger partial charge in [-0.05, 0) is 13.8 Å². The monoisotopic (exact) mass is 180 g/mol. The van der Waals surface area contributed by atoms with Crippen molar-refractivity contribution in [2.75, 3.05) is 0 Å². The minimum atomic E-state index is -0.265. The molecule has 1 nitrogen and oxygen atoms in total. The van der Waals surface area contributed by atoms with Gasteiger partial charge in [-0.2, -0.15) is 0 Å². The predicted octanol–water partition coefficient (Wildman–Crippen LogP) is 0.0519. The second kappa shape index (κ2) is 2.09. The van der Waals surface area contributed by atoms with E-state index in [9.17, 15) is 4.79 Å². The summed E-state index contributed by atoms with van der Waals surface area (Å²) in [6.45, 7) is 3.73. The van der Waals surface area contributed by atoms with Gasteiger partial charge in [-0.15, -0.1) is 0 Å². The summed E-state index contributed by atoms with van der Waals surface area (Å²) < 4.78 is -0.265. The molecule has 0 aliphatic heterocycles. The fourth-order valence-corrected chi connectivity index (χ4v) is 0. The highest BCUT2D eigenvalue weighted by Crippen LogP contribution is 2.14. The van der Waals surface area contributed by atoms with Gasteiger partial charge in [0, 0.05) is 0 Å². The Hall–Kier alpha value is 0.367. The SMILES string of the molecule is CC(C)(Br)C(=O)[SiH3]. The molecule has 0 unspecified atom stereocenters. The highest BCUT2D eigenvalue weighted by atomic mass is 79.9. The second-order valence-corrected chi connectivity index (χ2v) is 4.92. The Bertz CT molecular complexity index is 84.2. The number of carbonyl (C=O) groups is 1. The van der Waals surface area contributed by atoms with Crippen LogP contribution in [0.4, 0.5) is 0 Å². The number of rotatable bonds is 1. The molecule has 42 valence electrons. The van der Waals surface area contributed by atoms with Crippen LogP contribution in [0, 0.1) is 0 Å². The molecule has 0 radical (unpaired) electrons. The van der Waals surface area contributed by atoms with Crippen LogP contribution in [0.1, 0.15) is 13.8 Å². The summed E-state index contributed by atoms with van der Waals surface area (Å²) in [7, 11) is 0.642. The van der Waals surface area contributed by atoms with Crippen molar-refractivity contribution in [1.82, 2.24) is 0 Å². The summed E-state index contributed by atoms with van der Waals surface area (Å²) in [6, 6.07) is 0. The maximum atomic E-state index is 10.5. The third-order valence-corrected chi connectivity index (χ3v) is 3.38. The molecule has 0 heterocycles. The molecule has 0 aromatic rings. The first kappa shape index (κ1) is 7.37. The minimum Gasteiger partial charge on any atom is -0.305 e. The van der Waals surface area contributed by atoms with Gasteiger partial charge >= 0.3 is 0 Å². The predicted molar refractivity (Wildman–Crippen MR) is 38.0 cm³/mol. The van der Waals surface area contributed by atoms with Gasteiger partial charge in [0.25, 0.3) is 0 Å². The first-order valence-electron chi connectivity index (χ1n) is 2.14. The van der Waals surface area contributed by atoms with Gasteiger partial charge in [0.15, 0.2) is 0 Å². The van der Waals surface area contributed by atoms with Crippen LogP contribution in [0.15, 0.2) is 0 Å². The summed E-state index contributed by atoms with van der Waals surface area (Å²) in [5.41, 5.74) is 0. The molecule has 0 amide bonds. The van der Waals surface area contributed by atoms with E-state index < -0.39 is 0 Å². The lowest BCUT2D eigenvalue weighted by Crippen LogP contribution is -2.23. The number of carbonyl (C=O) groups excluding carboxylic acids is 1. The zero-order valence-corrected chi connectivity index (χ0v) is 8.37. The average molecular weight is 181 g/mol. The number of hydrogen-bond acceptors (Lipinski definition) is 1. The molecular weight excluding hydrogens is 172 g/mol. The Balaban J connectivity index is 3.79. The van der Waals surface area contributed by atoms with Crippen molar-refractivity contribution in [3.8, 4) is 0 Å². The lowest BCUT2D eigenvalue weighted by Gasteiger charge is -2.09. The molecule has 0 aromatic carbocycles. The third kappa shape index (κ3) is 3.00. The Morgan fingerprint density at radius 1 is 1.71 bits per heavy atom. The summed E-state index contributed by atoms with van der Waals surface area (Å²) in [6.07, 6.45) is 0. The zero-order chi connectivity index (χ0) is 6.08. The van der Waals surface area contributed by atoms with Crippen LogP contribution in [-0.4, -0.2) is 20.0 Å². The molecule has 0 atom stereocenters. The van der Waals surface area contributed by atoms with Gasteiger partial charge in [-0.1, -0.05) is 15.9 Å². The third-order valence-electron chi connectivity index (χ3n) is 0.837. The van der Waals surface area contributed by atoms with Gasteiger partial charge in [-0.3, -0.25) is 0 Å². The molecule has 0 bridgehead atoms. The minimum absolute atomic E-state index is 0.265. The molecule has 0 aliphatic carbocycles. The van der Waals surface area contributed by atoms with Crippen LogP contribution in [0.3, 0.4) is 0 Å². The molecule has 3 heteroatoms. The van der Waals surface area contributed by atoms with Crippen molar-refractivity contribution < 1.29 is 4.79 Å². The standard InChI is InChI=1S/C4H9BrOSi/c1-4(2,5)3(6)7/h1-2,7H3. The molecule has 0 rings (SSSR count). The highest BCUT2D eigenvalue weighted by molar-refractivity contribution is 9.10. The van der Waals surface area contributed by atoms with E-state index in [1.165, 1.54) is 0 Å². The Kier molecular flexibility index (Phi) is 2.20. The largest absolute Gasteiger partial charge is 0.305 e. The van der Waals surface area contributed by atoms with Gasteiger partial charge in [0.1, 0.15) is 5.41 Å². The van der Waals surface area contributed by atoms with Crippen LogP contribution in [0.2, 0.25) is 0 Å². The molecule has 0 aliphatic rings. The van der Waals surface area contributed by atoms with Crippen molar-refractivity contribution in [3.63, 3.8) is 0 Å². The summed E-state index contributed by atoms with van der Waals surface area (Å²) >= 11 is 3.23. The fourth-order valence-electron chi connectivity index (χ4n) is 0. The molecule has 7 heavy (non-hydrogen) atoms. The maximum Gasteiger partial charge on any atom is 0.116 e. The van der Waals surface area contributed by atoms with Gasteiger partial charge < -0.3 is 4.79 Å². The van der Waals surface area contributed by atoms with E-state index >= 15 is 0 Å². The summed E-state index contributed by atoms with van der Waals surface area (Å²) in [5.74, 6) is 0. The van der Waals surface area contributed by atoms with Gasteiger partial charge in [-0.25, -0.2) is 0 Å². The number of hydrogen-bond donors (Lipinski definition) is 0. The van der Waals surface area contributed by atoms with Gasteiger partial charge in [0.2, 0.25) is 0 Å². The van der Waals surface area contributed by atoms with E-state index in [1.807, 2.05) is 13.8 Å². The lowest BCUT2D eigenvalue weighted by molar-refractivity contribution is -0.112. The molecule has 0 spiro atoms. The van der Waals surface area contributed by atoms with Crippen LogP contribution in [0.25, 0.3) is 0 Å². The molecular formula is C4H9BrOSi. The normalized spacial score (nSPS) is 11.9. The molecule has 0 saturated carbocycles. The van der Waals surface area contributed by atoms with Crippen LogP contribution in [0.5, 0.6) is 0 Å². The van der Waals surface area contributed by atoms with E-state index in [0.717, 1.165) is 0 Å².